The maximum absolute atomic E-state index is 13.7. The molecule has 3 aromatic rings. The predicted octanol–water partition coefficient (Wildman–Crippen LogP) is 5.32. The summed E-state index contributed by atoms with van der Waals surface area (Å²) in [7, 11) is 0. The Bertz CT molecular complexity index is 1390. The molecule has 0 spiro atoms. The van der Waals surface area contributed by atoms with Gasteiger partial charge in [0, 0.05) is 22.1 Å². The average molecular weight is 457 g/mol. The summed E-state index contributed by atoms with van der Waals surface area (Å²) in [5, 5.41) is 10.6. The molecule has 6 heteroatoms. The standard InChI is InChI=1S/C28H28N2O4/c1-27(2)21-11-17(32-13-18-14-33-28(3,4)34-18)8-10-19(21)25(31)23-20-9-7-16(12-29)22(15-5-6-15)24(20)30-26(23)27/h7-11,15,18,30H,5-6,13-14H2,1-4H3/t18-/m0/s1. The fourth-order valence-corrected chi connectivity index (χ4v) is 5.51. The van der Waals surface area contributed by atoms with Crippen LogP contribution in [0, 0.1) is 11.3 Å². The van der Waals surface area contributed by atoms with Crippen molar-refractivity contribution in [2.24, 2.45) is 0 Å². The number of aromatic amines is 1. The zero-order chi connectivity index (χ0) is 23.8. The number of fused-ring (bicyclic) bond motifs is 4. The number of H-pyrrole nitrogens is 1. The number of nitrogens with one attached hydrogen (secondary N) is 1. The zero-order valence-corrected chi connectivity index (χ0v) is 20.0. The first-order chi connectivity index (χ1) is 16.2. The molecule has 1 saturated carbocycles. The fraction of sp³-hybridized carbons (Fsp3) is 0.429. The Kier molecular flexibility index (Phi) is 4.52. The van der Waals surface area contributed by atoms with E-state index in [-0.39, 0.29) is 11.9 Å². The smallest absolute Gasteiger partial charge is 0.195 e. The SMILES string of the molecule is CC1(C)OC[C@H](COc2ccc3c(c2)C(C)(C)c2[nH]c4c(C5CC5)c(C#N)ccc4c2C3=O)O1. The molecule has 174 valence electrons. The molecule has 6 rings (SSSR count). The second-order valence-corrected chi connectivity index (χ2v) is 10.6. The summed E-state index contributed by atoms with van der Waals surface area (Å²) in [5.41, 5.74) is 5.55. The lowest BCUT2D eigenvalue weighted by molar-refractivity contribution is -0.141. The summed E-state index contributed by atoms with van der Waals surface area (Å²) in [6.07, 6.45) is 2.04. The van der Waals surface area contributed by atoms with Crippen molar-refractivity contribution in [2.45, 2.75) is 63.8 Å². The molecule has 2 aromatic carbocycles. The van der Waals surface area contributed by atoms with E-state index in [9.17, 15) is 10.1 Å². The van der Waals surface area contributed by atoms with Crippen LogP contribution in [-0.4, -0.2) is 35.9 Å². The number of rotatable bonds is 4. The van der Waals surface area contributed by atoms with Crippen molar-refractivity contribution in [1.82, 2.24) is 4.98 Å². The quantitative estimate of drug-likeness (QED) is 0.575. The van der Waals surface area contributed by atoms with Crippen LogP contribution >= 0.6 is 0 Å². The van der Waals surface area contributed by atoms with Gasteiger partial charge in [0.15, 0.2) is 11.6 Å². The predicted molar refractivity (Wildman–Crippen MR) is 127 cm³/mol. The van der Waals surface area contributed by atoms with Crippen LogP contribution in [0.2, 0.25) is 0 Å². The van der Waals surface area contributed by atoms with Crippen molar-refractivity contribution in [3.05, 3.63) is 63.8 Å². The molecule has 0 amide bonds. The first-order valence-corrected chi connectivity index (χ1v) is 11.9. The Morgan fingerprint density at radius 1 is 1.18 bits per heavy atom. The molecule has 1 saturated heterocycles. The molecule has 3 aliphatic rings. The number of carbonyl (C=O) groups excluding carboxylic acids is 1. The van der Waals surface area contributed by atoms with Gasteiger partial charge in [0.05, 0.1) is 29.3 Å². The Hall–Kier alpha value is -3.14. The van der Waals surface area contributed by atoms with E-state index in [1.54, 1.807) is 0 Å². The number of nitrogens with zero attached hydrogens (tertiary/aromatic N) is 1. The third kappa shape index (κ3) is 3.19. The lowest BCUT2D eigenvalue weighted by atomic mass is 9.71. The summed E-state index contributed by atoms with van der Waals surface area (Å²) >= 11 is 0. The molecule has 2 heterocycles. The summed E-state index contributed by atoms with van der Waals surface area (Å²) in [6, 6.07) is 11.9. The molecule has 34 heavy (non-hydrogen) atoms. The molecular formula is C28H28N2O4. The third-order valence-corrected chi connectivity index (χ3v) is 7.39. The topological polar surface area (TPSA) is 84.3 Å². The first-order valence-electron chi connectivity index (χ1n) is 11.9. The normalized spacial score (nSPS) is 22.3. The molecule has 0 bridgehead atoms. The summed E-state index contributed by atoms with van der Waals surface area (Å²) in [5.74, 6) is 0.529. The number of ether oxygens (including phenoxy) is 3. The number of hydrogen-bond acceptors (Lipinski definition) is 5. The van der Waals surface area contributed by atoms with Gasteiger partial charge in [0.25, 0.3) is 0 Å². The zero-order valence-electron chi connectivity index (χ0n) is 20.0. The van der Waals surface area contributed by atoms with E-state index >= 15 is 0 Å². The Balaban J connectivity index is 1.39. The highest BCUT2D eigenvalue weighted by atomic mass is 16.7. The van der Waals surface area contributed by atoms with Crippen molar-refractivity contribution in [3.8, 4) is 11.8 Å². The summed E-state index contributed by atoms with van der Waals surface area (Å²) in [4.78, 5) is 17.3. The number of benzene rings is 2. The van der Waals surface area contributed by atoms with Crippen molar-refractivity contribution >= 4 is 16.7 Å². The molecule has 1 aliphatic heterocycles. The second kappa shape index (κ2) is 7.18. The van der Waals surface area contributed by atoms with Gasteiger partial charge in [-0.2, -0.15) is 5.26 Å². The largest absolute Gasteiger partial charge is 0.491 e. The lowest BCUT2D eigenvalue weighted by Gasteiger charge is -2.32. The van der Waals surface area contributed by atoms with Crippen molar-refractivity contribution in [2.75, 3.05) is 13.2 Å². The van der Waals surface area contributed by atoms with E-state index in [0.717, 1.165) is 46.1 Å². The molecule has 0 unspecified atom stereocenters. The highest BCUT2D eigenvalue weighted by molar-refractivity contribution is 6.20. The molecular weight excluding hydrogens is 428 g/mol. The third-order valence-electron chi connectivity index (χ3n) is 7.39. The van der Waals surface area contributed by atoms with Crippen LogP contribution in [0.25, 0.3) is 10.9 Å². The van der Waals surface area contributed by atoms with Crippen LogP contribution in [0.1, 0.15) is 84.8 Å². The first kappa shape index (κ1) is 21.4. The van der Waals surface area contributed by atoms with E-state index < -0.39 is 11.2 Å². The Morgan fingerprint density at radius 2 is 1.97 bits per heavy atom. The van der Waals surface area contributed by atoms with Gasteiger partial charge in [-0.25, -0.2) is 0 Å². The van der Waals surface area contributed by atoms with Gasteiger partial charge < -0.3 is 19.2 Å². The van der Waals surface area contributed by atoms with Gasteiger partial charge in [-0.05, 0) is 68.0 Å². The number of carbonyl (C=O) groups is 1. The van der Waals surface area contributed by atoms with Gasteiger partial charge in [-0.3, -0.25) is 4.79 Å². The molecule has 2 fully saturated rings. The van der Waals surface area contributed by atoms with E-state index in [4.69, 9.17) is 14.2 Å². The van der Waals surface area contributed by atoms with E-state index in [2.05, 4.69) is 24.9 Å². The van der Waals surface area contributed by atoms with E-state index in [1.165, 1.54) is 0 Å². The number of hydrogen-bond donors (Lipinski definition) is 1. The lowest BCUT2D eigenvalue weighted by Crippen LogP contribution is -2.30. The fourth-order valence-electron chi connectivity index (χ4n) is 5.51. The Labute approximate surface area is 198 Å². The number of ketones is 1. The minimum atomic E-state index is -0.588. The van der Waals surface area contributed by atoms with Gasteiger partial charge in [-0.15, -0.1) is 0 Å². The number of aromatic nitrogens is 1. The molecule has 1 aromatic heterocycles. The average Bonchev–Trinajstić information content (AvgIpc) is 3.47. The van der Waals surface area contributed by atoms with Crippen molar-refractivity contribution in [3.63, 3.8) is 0 Å². The highest BCUT2D eigenvalue weighted by Crippen LogP contribution is 2.49. The highest BCUT2D eigenvalue weighted by Gasteiger charge is 2.41. The Morgan fingerprint density at radius 3 is 2.65 bits per heavy atom. The summed E-state index contributed by atoms with van der Waals surface area (Å²) < 4.78 is 17.5. The molecule has 6 nitrogen and oxygen atoms in total. The van der Waals surface area contributed by atoms with Gasteiger partial charge in [0.1, 0.15) is 18.5 Å². The van der Waals surface area contributed by atoms with Crippen LogP contribution in [0.3, 0.4) is 0 Å². The van der Waals surface area contributed by atoms with Crippen LogP contribution in [-0.2, 0) is 14.9 Å². The molecule has 2 aliphatic carbocycles. The molecule has 1 atom stereocenters. The van der Waals surface area contributed by atoms with Gasteiger partial charge >= 0.3 is 0 Å². The van der Waals surface area contributed by atoms with E-state index in [0.29, 0.717) is 36.0 Å². The maximum atomic E-state index is 13.7. The van der Waals surface area contributed by atoms with E-state index in [1.807, 2.05) is 44.2 Å². The maximum Gasteiger partial charge on any atom is 0.195 e. The van der Waals surface area contributed by atoms with Crippen molar-refractivity contribution < 1.29 is 19.0 Å². The summed E-state index contributed by atoms with van der Waals surface area (Å²) in [6.45, 7) is 8.94. The minimum Gasteiger partial charge on any atom is -0.491 e. The minimum absolute atomic E-state index is 0.0165. The van der Waals surface area contributed by atoms with Crippen molar-refractivity contribution in [1.29, 1.82) is 5.26 Å². The van der Waals surface area contributed by atoms with Crippen LogP contribution in [0.5, 0.6) is 5.75 Å². The van der Waals surface area contributed by atoms with Crippen LogP contribution in [0.4, 0.5) is 0 Å². The molecule has 1 N–H and O–H groups in total. The number of nitriles is 1. The molecule has 0 radical (unpaired) electrons. The van der Waals surface area contributed by atoms with Crippen LogP contribution in [0.15, 0.2) is 30.3 Å². The van der Waals surface area contributed by atoms with Gasteiger partial charge in [0.2, 0.25) is 0 Å². The monoisotopic (exact) mass is 456 g/mol. The van der Waals surface area contributed by atoms with Gasteiger partial charge in [-0.1, -0.05) is 19.9 Å². The van der Waals surface area contributed by atoms with Crippen LogP contribution < -0.4 is 4.74 Å². The second-order valence-electron chi connectivity index (χ2n) is 10.6.